The van der Waals surface area contributed by atoms with Crippen molar-refractivity contribution in [3.05, 3.63) is 23.2 Å². The Bertz CT molecular complexity index is 529. The highest BCUT2D eigenvalue weighted by atomic mass is 35.5. The SMILES string of the molecule is COc1ccc(Cl)cc1NC(=O)NC1CCN(CC(C)C)CC1. The molecule has 1 aliphatic rings. The number of anilines is 1. The normalized spacial score (nSPS) is 16.4. The highest BCUT2D eigenvalue weighted by molar-refractivity contribution is 6.31. The monoisotopic (exact) mass is 339 g/mol. The molecule has 128 valence electrons. The molecule has 2 amide bonds. The largest absolute Gasteiger partial charge is 0.495 e. The minimum absolute atomic E-state index is 0.212. The van der Waals surface area contributed by atoms with E-state index in [-0.39, 0.29) is 12.1 Å². The van der Waals surface area contributed by atoms with Crippen LogP contribution in [0.2, 0.25) is 5.02 Å². The molecule has 0 spiro atoms. The third-order valence-electron chi connectivity index (χ3n) is 3.96. The van der Waals surface area contributed by atoms with Crippen molar-refractivity contribution in [1.82, 2.24) is 10.2 Å². The molecule has 0 saturated carbocycles. The van der Waals surface area contributed by atoms with Crippen LogP contribution in [0.4, 0.5) is 10.5 Å². The number of urea groups is 1. The average Bonchev–Trinajstić information content (AvgIpc) is 2.49. The third kappa shape index (κ3) is 5.59. The van der Waals surface area contributed by atoms with Gasteiger partial charge in [0.25, 0.3) is 0 Å². The Hall–Kier alpha value is -1.46. The topological polar surface area (TPSA) is 53.6 Å². The van der Waals surface area contributed by atoms with E-state index in [0.29, 0.717) is 22.4 Å². The number of carbonyl (C=O) groups is 1. The van der Waals surface area contributed by atoms with Gasteiger partial charge in [-0.2, -0.15) is 0 Å². The van der Waals surface area contributed by atoms with Gasteiger partial charge in [-0.25, -0.2) is 4.79 Å². The van der Waals surface area contributed by atoms with E-state index in [4.69, 9.17) is 16.3 Å². The molecule has 1 fully saturated rings. The van der Waals surface area contributed by atoms with Crippen LogP contribution in [0.3, 0.4) is 0 Å². The molecule has 0 aliphatic carbocycles. The Morgan fingerprint density at radius 1 is 1.39 bits per heavy atom. The number of rotatable bonds is 5. The first-order valence-electron chi connectivity index (χ1n) is 8.11. The summed E-state index contributed by atoms with van der Waals surface area (Å²) in [6.07, 6.45) is 1.96. The van der Waals surface area contributed by atoms with Crippen molar-refractivity contribution >= 4 is 23.3 Å². The number of nitrogens with one attached hydrogen (secondary N) is 2. The molecular weight excluding hydrogens is 314 g/mol. The van der Waals surface area contributed by atoms with E-state index in [1.54, 1.807) is 25.3 Å². The second-order valence-corrected chi connectivity index (χ2v) is 6.85. The number of likely N-dealkylation sites (tertiary alicyclic amines) is 1. The van der Waals surface area contributed by atoms with Crippen LogP contribution in [0.25, 0.3) is 0 Å². The van der Waals surface area contributed by atoms with Gasteiger partial charge in [-0.3, -0.25) is 0 Å². The quantitative estimate of drug-likeness (QED) is 0.862. The van der Waals surface area contributed by atoms with E-state index < -0.39 is 0 Å². The van der Waals surface area contributed by atoms with Crippen LogP contribution in [0, 0.1) is 5.92 Å². The lowest BCUT2D eigenvalue weighted by Crippen LogP contribution is -2.46. The van der Waals surface area contributed by atoms with Crippen molar-refractivity contribution in [1.29, 1.82) is 0 Å². The molecule has 1 aliphatic heterocycles. The van der Waals surface area contributed by atoms with Crippen molar-refractivity contribution < 1.29 is 9.53 Å². The molecule has 1 aromatic rings. The summed E-state index contributed by atoms with van der Waals surface area (Å²) in [5, 5.41) is 6.41. The van der Waals surface area contributed by atoms with Crippen LogP contribution in [-0.4, -0.2) is 43.7 Å². The fraction of sp³-hybridized carbons (Fsp3) is 0.588. The molecule has 0 unspecified atom stereocenters. The Morgan fingerprint density at radius 3 is 2.70 bits per heavy atom. The molecule has 0 bridgehead atoms. The van der Waals surface area contributed by atoms with Crippen molar-refractivity contribution in [2.75, 3.05) is 32.1 Å². The Labute approximate surface area is 143 Å². The zero-order valence-corrected chi connectivity index (χ0v) is 14.8. The van der Waals surface area contributed by atoms with Gasteiger partial charge in [0, 0.05) is 30.7 Å². The predicted octanol–water partition coefficient (Wildman–Crippen LogP) is 3.59. The van der Waals surface area contributed by atoms with Gasteiger partial charge >= 0.3 is 6.03 Å². The van der Waals surface area contributed by atoms with E-state index in [1.165, 1.54) is 0 Å². The lowest BCUT2D eigenvalue weighted by molar-refractivity contribution is 0.180. The molecule has 2 rings (SSSR count). The van der Waals surface area contributed by atoms with Crippen LogP contribution < -0.4 is 15.4 Å². The van der Waals surface area contributed by atoms with E-state index >= 15 is 0 Å². The molecule has 23 heavy (non-hydrogen) atoms. The van der Waals surface area contributed by atoms with Crippen molar-refractivity contribution in [2.24, 2.45) is 5.92 Å². The van der Waals surface area contributed by atoms with Crippen LogP contribution >= 0.6 is 11.6 Å². The molecule has 2 N–H and O–H groups in total. The number of ether oxygens (including phenoxy) is 1. The van der Waals surface area contributed by atoms with Gasteiger partial charge in [0.1, 0.15) is 5.75 Å². The summed E-state index contributed by atoms with van der Waals surface area (Å²) < 4.78 is 5.23. The molecule has 0 radical (unpaired) electrons. The molecule has 1 saturated heterocycles. The number of methoxy groups -OCH3 is 1. The number of hydrogen-bond donors (Lipinski definition) is 2. The molecular formula is C17H26ClN3O2. The highest BCUT2D eigenvalue weighted by Crippen LogP contribution is 2.27. The minimum Gasteiger partial charge on any atom is -0.495 e. The number of carbonyl (C=O) groups excluding carboxylic acids is 1. The van der Waals surface area contributed by atoms with Crippen LogP contribution in [0.5, 0.6) is 5.75 Å². The summed E-state index contributed by atoms with van der Waals surface area (Å²) in [6, 6.07) is 5.15. The first kappa shape index (κ1) is 17.9. The van der Waals surface area contributed by atoms with Gasteiger partial charge in [-0.1, -0.05) is 25.4 Å². The summed E-state index contributed by atoms with van der Waals surface area (Å²) in [4.78, 5) is 14.6. The van der Waals surface area contributed by atoms with Crippen LogP contribution in [0.1, 0.15) is 26.7 Å². The smallest absolute Gasteiger partial charge is 0.319 e. The van der Waals surface area contributed by atoms with E-state index in [0.717, 1.165) is 32.5 Å². The van der Waals surface area contributed by atoms with Crippen LogP contribution in [0.15, 0.2) is 18.2 Å². The number of benzene rings is 1. The molecule has 6 heteroatoms. The summed E-state index contributed by atoms with van der Waals surface area (Å²) in [5.74, 6) is 1.27. The minimum atomic E-state index is -0.215. The predicted molar refractivity (Wildman–Crippen MR) is 94.5 cm³/mol. The van der Waals surface area contributed by atoms with Crippen molar-refractivity contribution in [3.8, 4) is 5.75 Å². The number of amides is 2. The summed E-state index contributed by atoms with van der Waals surface area (Å²) in [5.41, 5.74) is 0.578. The van der Waals surface area contributed by atoms with Gasteiger partial charge in [0.15, 0.2) is 0 Å². The van der Waals surface area contributed by atoms with Gasteiger partial charge in [0.2, 0.25) is 0 Å². The van der Waals surface area contributed by atoms with Crippen LogP contribution in [-0.2, 0) is 0 Å². The molecule has 5 nitrogen and oxygen atoms in total. The standard InChI is InChI=1S/C17H26ClN3O2/c1-12(2)11-21-8-6-14(7-9-21)19-17(22)20-15-10-13(18)4-5-16(15)23-3/h4-5,10,12,14H,6-9,11H2,1-3H3,(H2,19,20,22). The lowest BCUT2D eigenvalue weighted by atomic mass is 10.0. The zero-order valence-electron chi connectivity index (χ0n) is 14.1. The number of nitrogens with zero attached hydrogens (tertiary/aromatic N) is 1. The zero-order chi connectivity index (χ0) is 16.8. The molecule has 1 aromatic carbocycles. The Kier molecular flexibility index (Phi) is 6.54. The van der Waals surface area contributed by atoms with Gasteiger partial charge in [0.05, 0.1) is 12.8 Å². The summed E-state index contributed by atoms with van der Waals surface area (Å²) >= 11 is 5.97. The highest BCUT2D eigenvalue weighted by Gasteiger charge is 2.21. The first-order valence-corrected chi connectivity index (χ1v) is 8.49. The number of piperidine rings is 1. The van der Waals surface area contributed by atoms with E-state index in [1.807, 2.05) is 0 Å². The summed E-state index contributed by atoms with van der Waals surface area (Å²) in [7, 11) is 1.57. The van der Waals surface area contributed by atoms with E-state index in [2.05, 4.69) is 29.4 Å². The van der Waals surface area contributed by atoms with Gasteiger partial charge in [-0.05, 0) is 37.0 Å². The number of hydrogen-bond acceptors (Lipinski definition) is 3. The molecule has 0 aromatic heterocycles. The Morgan fingerprint density at radius 2 is 2.09 bits per heavy atom. The van der Waals surface area contributed by atoms with Crippen molar-refractivity contribution in [3.63, 3.8) is 0 Å². The van der Waals surface area contributed by atoms with Gasteiger partial charge in [-0.15, -0.1) is 0 Å². The van der Waals surface area contributed by atoms with E-state index in [9.17, 15) is 4.79 Å². The molecule has 1 heterocycles. The lowest BCUT2D eigenvalue weighted by Gasteiger charge is -2.33. The maximum Gasteiger partial charge on any atom is 0.319 e. The second kappa shape index (κ2) is 8.41. The fourth-order valence-corrected chi connectivity index (χ4v) is 3.07. The third-order valence-corrected chi connectivity index (χ3v) is 4.19. The Balaban J connectivity index is 1.83. The molecule has 0 atom stereocenters. The first-order chi connectivity index (χ1) is 11.0. The average molecular weight is 340 g/mol. The maximum atomic E-state index is 12.2. The fourth-order valence-electron chi connectivity index (χ4n) is 2.90. The summed E-state index contributed by atoms with van der Waals surface area (Å²) in [6.45, 7) is 7.65. The maximum absolute atomic E-state index is 12.2. The van der Waals surface area contributed by atoms with Gasteiger partial charge < -0.3 is 20.3 Å². The number of halogens is 1. The van der Waals surface area contributed by atoms with Crippen molar-refractivity contribution in [2.45, 2.75) is 32.7 Å². The second-order valence-electron chi connectivity index (χ2n) is 6.41.